The highest BCUT2D eigenvalue weighted by Gasteiger charge is 2.30. The van der Waals surface area contributed by atoms with Gasteiger partial charge in [-0.1, -0.05) is 6.07 Å². The Balaban J connectivity index is 1.49. The highest BCUT2D eigenvalue weighted by atomic mass is 19.4. The van der Waals surface area contributed by atoms with E-state index in [2.05, 4.69) is 0 Å². The number of ether oxygens (including phenoxy) is 4. The van der Waals surface area contributed by atoms with Gasteiger partial charge in [-0.15, -0.1) is 0 Å². The lowest BCUT2D eigenvalue weighted by Crippen LogP contribution is -2.19. The average molecular weight is 382 g/mol. The van der Waals surface area contributed by atoms with Crippen LogP contribution < -0.4 is 14.2 Å². The lowest BCUT2D eigenvalue weighted by atomic mass is 10.1. The third-order valence-corrected chi connectivity index (χ3v) is 3.58. The number of fused-ring (bicyclic) bond motifs is 1. The number of esters is 1. The Hall–Kier alpha value is -3.23. The van der Waals surface area contributed by atoms with Gasteiger partial charge in [0.15, 0.2) is 30.5 Å². The van der Waals surface area contributed by atoms with Gasteiger partial charge in [0.05, 0.1) is 5.56 Å². The number of ketones is 1. The van der Waals surface area contributed by atoms with Crippen molar-refractivity contribution >= 4 is 11.8 Å². The Kier molecular flexibility index (Phi) is 5.20. The Morgan fingerprint density at radius 2 is 1.78 bits per heavy atom. The van der Waals surface area contributed by atoms with Crippen LogP contribution in [0.5, 0.6) is 17.2 Å². The molecule has 1 aliphatic rings. The molecule has 1 aliphatic heterocycles. The highest BCUT2D eigenvalue weighted by molar-refractivity contribution is 5.98. The Labute approximate surface area is 151 Å². The van der Waals surface area contributed by atoms with Crippen LogP contribution in [0.25, 0.3) is 0 Å². The molecular formula is C18H13F3O6. The highest BCUT2D eigenvalue weighted by Crippen LogP contribution is 2.33. The summed E-state index contributed by atoms with van der Waals surface area (Å²) in [6.45, 7) is -1.10. The smallest absolute Gasteiger partial charge is 0.416 e. The van der Waals surface area contributed by atoms with Gasteiger partial charge in [-0.25, -0.2) is 4.79 Å². The summed E-state index contributed by atoms with van der Waals surface area (Å²) in [6, 6.07) is 8.63. The minimum absolute atomic E-state index is 0.0643. The third-order valence-electron chi connectivity index (χ3n) is 3.58. The van der Waals surface area contributed by atoms with Gasteiger partial charge in [0.1, 0.15) is 5.75 Å². The van der Waals surface area contributed by atoms with E-state index >= 15 is 0 Å². The number of Topliss-reactive ketones (excluding diaryl/α,β-unsaturated/α-hetero) is 1. The fourth-order valence-corrected chi connectivity index (χ4v) is 2.25. The summed E-state index contributed by atoms with van der Waals surface area (Å²) >= 11 is 0. The van der Waals surface area contributed by atoms with Crippen molar-refractivity contribution in [1.29, 1.82) is 0 Å². The molecular weight excluding hydrogens is 369 g/mol. The Morgan fingerprint density at radius 1 is 1.00 bits per heavy atom. The van der Waals surface area contributed by atoms with Gasteiger partial charge in [0, 0.05) is 5.56 Å². The first-order valence-electron chi connectivity index (χ1n) is 7.71. The number of carbonyl (C=O) groups is 2. The minimum Gasteiger partial charge on any atom is -0.482 e. The second-order valence-corrected chi connectivity index (χ2v) is 5.47. The van der Waals surface area contributed by atoms with Crippen LogP contribution >= 0.6 is 0 Å². The van der Waals surface area contributed by atoms with Crippen LogP contribution in [0.2, 0.25) is 0 Å². The van der Waals surface area contributed by atoms with Crippen molar-refractivity contribution in [3.63, 3.8) is 0 Å². The maximum atomic E-state index is 12.6. The molecule has 0 amide bonds. The number of benzene rings is 2. The van der Waals surface area contributed by atoms with E-state index in [0.29, 0.717) is 11.5 Å². The molecule has 2 aromatic carbocycles. The van der Waals surface area contributed by atoms with E-state index < -0.39 is 36.7 Å². The van der Waals surface area contributed by atoms with E-state index in [1.54, 1.807) is 6.07 Å². The summed E-state index contributed by atoms with van der Waals surface area (Å²) in [6.07, 6.45) is -4.52. The summed E-state index contributed by atoms with van der Waals surface area (Å²) in [4.78, 5) is 23.7. The fraction of sp³-hybridized carbons (Fsp3) is 0.222. The fourth-order valence-electron chi connectivity index (χ4n) is 2.25. The molecule has 1 heterocycles. The molecule has 0 saturated heterocycles. The second kappa shape index (κ2) is 7.56. The van der Waals surface area contributed by atoms with Crippen molar-refractivity contribution in [2.24, 2.45) is 0 Å². The van der Waals surface area contributed by atoms with Gasteiger partial charge in [-0.2, -0.15) is 13.2 Å². The largest absolute Gasteiger partial charge is 0.482 e. The van der Waals surface area contributed by atoms with Gasteiger partial charge in [-0.3, -0.25) is 4.79 Å². The maximum absolute atomic E-state index is 12.6. The molecule has 0 saturated carbocycles. The van der Waals surface area contributed by atoms with Gasteiger partial charge in [-0.05, 0) is 36.4 Å². The number of hydrogen-bond donors (Lipinski definition) is 0. The van der Waals surface area contributed by atoms with Crippen LogP contribution in [0.1, 0.15) is 15.9 Å². The molecule has 9 heteroatoms. The molecule has 0 aliphatic carbocycles. The predicted molar refractivity (Wildman–Crippen MR) is 84.8 cm³/mol. The summed E-state index contributed by atoms with van der Waals surface area (Å²) in [5, 5.41) is 0. The summed E-state index contributed by atoms with van der Waals surface area (Å²) in [5.41, 5.74) is -0.628. The standard InChI is InChI=1S/C18H13F3O6/c19-18(20,21)12-2-1-3-13(7-12)24-9-17(23)25-8-14(22)11-4-5-15-16(6-11)27-10-26-15/h1-7H,8-10H2. The molecule has 3 rings (SSSR count). The van der Waals surface area contributed by atoms with Gasteiger partial charge in [0.2, 0.25) is 6.79 Å². The van der Waals surface area contributed by atoms with Crippen LogP contribution in [-0.4, -0.2) is 31.8 Å². The topological polar surface area (TPSA) is 71.1 Å². The van der Waals surface area contributed by atoms with E-state index in [1.807, 2.05) is 0 Å². The molecule has 6 nitrogen and oxygen atoms in total. The number of halogens is 3. The van der Waals surface area contributed by atoms with Crippen LogP contribution in [-0.2, 0) is 15.7 Å². The molecule has 0 aromatic heterocycles. The first-order valence-corrected chi connectivity index (χ1v) is 7.71. The summed E-state index contributed by atoms with van der Waals surface area (Å²) < 4.78 is 57.9. The molecule has 0 radical (unpaired) electrons. The quantitative estimate of drug-likeness (QED) is 0.564. The van der Waals surface area contributed by atoms with E-state index in [-0.39, 0.29) is 18.1 Å². The molecule has 27 heavy (non-hydrogen) atoms. The second-order valence-electron chi connectivity index (χ2n) is 5.47. The number of hydrogen-bond acceptors (Lipinski definition) is 6. The zero-order chi connectivity index (χ0) is 19.4. The molecule has 142 valence electrons. The number of rotatable bonds is 6. The van der Waals surface area contributed by atoms with E-state index in [9.17, 15) is 22.8 Å². The molecule has 0 spiro atoms. The van der Waals surface area contributed by atoms with Gasteiger partial charge >= 0.3 is 12.1 Å². The van der Waals surface area contributed by atoms with Crippen molar-refractivity contribution < 1.29 is 41.7 Å². The minimum atomic E-state index is -4.52. The molecule has 2 aromatic rings. The van der Waals surface area contributed by atoms with Crippen molar-refractivity contribution in [1.82, 2.24) is 0 Å². The lowest BCUT2D eigenvalue weighted by Gasteiger charge is -2.10. The van der Waals surface area contributed by atoms with Crippen LogP contribution in [0, 0.1) is 0 Å². The molecule has 0 unspecified atom stereocenters. The van der Waals surface area contributed by atoms with Crippen molar-refractivity contribution in [2.45, 2.75) is 6.18 Å². The van der Waals surface area contributed by atoms with Crippen molar-refractivity contribution in [2.75, 3.05) is 20.0 Å². The van der Waals surface area contributed by atoms with Crippen LogP contribution in [0.15, 0.2) is 42.5 Å². The van der Waals surface area contributed by atoms with Crippen LogP contribution in [0.4, 0.5) is 13.2 Å². The van der Waals surface area contributed by atoms with E-state index in [4.69, 9.17) is 18.9 Å². The normalized spacial score (nSPS) is 12.6. The van der Waals surface area contributed by atoms with Gasteiger partial charge < -0.3 is 18.9 Å². The van der Waals surface area contributed by atoms with Crippen molar-refractivity contribution in [3.05, 3.63) is 53.6 Å². The molecule has 0 atom stereocenters. The zero-order valence-electron chi connectivity index (χ0n) is 13.7. The lowest BCUT2D eigenvalue weighted by molar-refractivity contribution is -0.144. The first kappa shape index (κ1) is 18.6. The number of alkyl halides is 3. The average Bonchev–Trinajstić information content (AvgIpc) is 3.11. The predicted octanol–water partition coefficient (Wildman–Crippen LogP) is 3.24. The molecule has 0 bridgehead atoms. The molecule has 0 N–H and O–H groups in total. The number of carbonyl (C=O) groups excluding carboxylic acids is 2. The Morgan fingerprint density at radius 3 is 2.56 bits per heavy atom. The van der Waals surface area contributed by atoms with Crippen molar-refractivity contribution in [3.8, 4) is 17.2 Å². The zero-order valence-corrected chi connectivity index (χ0v) is 13.7. The summed E-state index contributed by atoms with van der Waals surface area (Å²) in [7, 11) is 0. The third kappa shape index (κ3) is 4.69. The van der Waals surface area contributed by atoms with Crippen LogP contribution in [0.3, 0.4) is 0 Å². The van der Waals surface area contributed by atoms with E-state index in [0.717, 1.165) is 18.2 Å². The monoisotopic (exact) mass is 382 g/mol. The summed E-state index contributed by atoms with van der Waals surface area (Å²) in [5.74, 6) is -0.566. The molecule has 0 fully saturated rings. The van der Waals surface area contributed by atoms with Gasteiger partial charge in [0.25, 0.3) is 0 Å². The maximum Gasteiger partial charge on any atom is 0.416 e. The SMILES string of the molecule is O=C(COc1cccc(C(F)(F)F)c1)OCC(=O)c1ccc2c(c1)OCO2. The first-order chi connectivity index (χ1) is 12.8. The van der Waals surface area contributed by atoms with E-state index in [1.165, 1.54) is 18.2 Å². The Bertz CT molecular complexity index is 862.